The number of halogens is 2. The molecule has 0 saturated carbocycles. The van der Waals surface area contributed by atoms with Crippen LogP contribution in [0.5, 0.6) is 0 Å². The zero-order valence-corrected chi connectivity index (χ0v) is 7.50. The van der Waals surface area contributed by atoms with Crippen LogP contribution in [-0.2, 0) is 0 Å². The normalized spacial score (nSPS) is 10.5. The van der Waals surface area contributed by atoms with Crippen molar-refractivity contribution < 1.29 is 13.6 Å². The number of pyridine rings is 1. The molecule has 2 aromatic rings. The van der Waals surface area contributed by atoms with Crippen LogP contribution in [0.15, 0.2) is 24.4 Å². The van der Waals surface area contributed by atoms with Gasteiger partial charge in [0.15, 0.2) is 5.82 Å². The summed E-state index contributed by atoms with van der Waals surface area (Å²) >= 11 is 0. The largest absolute Gasteiger partial charge is 0.366 e. The molecule has 0 radical (unpaired) electrons. The lowest BCUT2D eigenvalue weighted by Crippen LogP contribution is -2.12. The predicted octanol–water partition coefficient (Wildman–Crippen LogP) is 1.61. The lowest BCUT2D eigenvalue weighted by molar-refractivity contribution is 0.100. The smallest absolute Gasteiger partial charge is 0.249 e. The van der Waals surface area contributed by atoms with Gasteiger partial charge in [0.05, 0.1) is 5.56 Å². The molecule has 76 valence electrons. The zero-order valence-electron chi connectivity index (χ0n) is 7.50. The van der Waals surface area contributed by atoms with Crippen molar-refractivity contribution in [2.45, 2.75) is 0 Å². The summed E-state index contributed by atoms with van der Waals surface area (Å²) in [5.41, 5.74) is 5.06. The van der Waals surface area contributed by atoms with Gasteiger partial charge in [0, 0.05) is 17.6 Å². The highest BCUT2D eigenvalue weighted by Crippen LogP contribution is 2.20. The first-order valence-electron chi connectivity index (χ1n) is 4.13. The van der Waals surface area contributed by atoms with Gasteiger partial charge in [-0.15, -0.1) is 0 Å². The Morgan fingerprint density at radius 3 is 2.73 bits per heavy atom. The molecule has 1 amide bonds. The fourth-order valence-corrected chi connectivity index (χ4v) is 1.39. The first-order chi connectivity index (χ1) is 7.09. The van der Waals surface area contributed by atoms with Gasteiger partial charge in [0.25, 0.3) is 0 Å². The molecule has 0 aliphatic heterocycles. The van der Waals surface area contributed by atoms with Crippen LogP contribution in [0.25, 0.3) is 10.9 Å². The average Bonchev–Trinajstić information content (AvgIpc) is 2.16. The molecule has 5 heteroatoms. The summed E-state index contributed by atoms with van der Waals surface area (Å²) in [7, 11) is 0. The number of hydrogen-bond donors (Lipinski definition) is 1. The number of carbonyl (C=O) groups is 1. The van der Waals surface area contributed by atoms with Crippen LogP contribution in [0.3, 0.4) is 0 Å². The summed E-state index contributed by atoms with van der Waals surface area (Å²) in [5.74, 6) is -2.32. The summed E-state index contributed by atoms with van der Waals surface area (Å²) in [5, 5.41) is 0.0856. The number of aromatic nitrogens is 1. The summed E-state index contributed by atoms with van der Waals surface area (Å²) < 4.78 is 26.2. The Labute approximate surface area is 83.5 Å². The standard InChI is InChI=1S/C10H6F2N2O/c11-5-3-7-6(10(13)15)1-2-14-9(7)8(12)4-5/h1-4H,(H2,13,15). The van der Waals surface area contributed by atoms with E-state index in [1.807, 2.05) is 0 Å². The molecule has 2 rings (SSSR count). The summed E-state index contributed by atoms with van der Waals surface area (Å²) in [4.78, 5) is 14.7. The third kappa shape index (κ3) is 1.52. The maximum atomic E-state index is 13.2. The van der Waals surface area contributed by atoms with Crippen molar-refractivity contribution in [2.24, 2.45) is 5.73 Å². The van der Waals surface area contributed by atoms with E-state index in [0.717, 1.165) is 6.07 Å². The first-order valence-corrected chi connectivity index (χ1v) is 4.13. The molecule has 2 N–H and O–H groups in total. The Morgan fingerprint density at radius 2 is 2.07 bits per heavy atom. The molecule has 0 saturated heterocycles. The van der Waals surface area contributed by atoms with Crippen molar-refractivity contribution in [2.75, 3.05) is 0 Å². The molecule has 1 heterocycles. The molecule has 3 nitrogen and oxygen atoms in total. The Hall–Kier alpha value is -2.04. The number of nitrogens with zero attached hydrogens (tertiary/aromatic N) is 1. The van der Waals surface area contributed by atoms with Crippen LogP contribution in [0, 0.1) is 11.6 Å². The second-order valence-electron chi connectivity index (χ2n) is 3.01. The molecule has 1 aromatic heterocycles. The molecule has 0 atom stereocenters. The number of fused-ring (bicyclic) bond motifs is 1. The van der Waals surface area contributed by atoms with Gasteiger partial charge >= 0.3 is 0 Å². The minimum absolute atomic E-state index is 0.0541. The first kappa shape index (κ1) is 9.51. The van der Waals surface area contributed by atoms with E-state index in [1.165, 1.54) is 12.3 Å². The number of nitrogens with two attached hydrogens (primary N) is 1. The predicted molar refractivity (Wildman–Crippen MR) is 50.2 cm³/mol. The second kappa shape index (κ2) is 3.27. The van der Waals surface area contributed by atoms with Crippen LogP contribution in [0.4, 0.5) is 8.78 Å². The molecule has 0 bridgehead atoms. The number of hydrogen-bond acceptors (Lipinski definition) is 2. The van der Waals surface area contributed by atoms with Gasteiger partial charge in [0.2, 0.25) is 5.91 Å². The minimum atomic E-state index is -0.812. The molecule has 0 aliphatic rings. The molecular weight excluding hydrogens is 202 g/mol. The summed E-state index contributed by atoms with van der Waals surface area (Å²) in [6, 6.07) is 3.06. The fourth-order valence-electron chi connectivity index (χ4n) is 1.39. The zero-order chi connectivity index (χ0) is 11.0. The van der Waals surface area contributed by atoms with E-state index in [0.29, 0.717) is 6.07 Å². The number of rotatable bonds is 1. The maximum absolute atomic E-state index is 13.2. The highest BCUT2D eigenvalue weighted by molar-refractivity contribution is 6.05. The topological polar surface area (TPSA) is 56.0 Å². The van der Waals surface area contributed by atoms with E-state index in [4.69, 9.17) is 5.73 Å². The van der Waals surface area contributed by atoms with Crippen LogP contribution < -0.4 is 5.73 Å². The van der Waals surface area contributed by atoms with Gasteiger partial charge in [-0.1, -0.05) is 0 Å². The van der Waals surface area contributed by atoms with E-state index in [1.54, 1.807) is 0 Å². The van der Waals surface area contributed by atoms with Gasteiger partial charge < -0.3 is 5.73 Å². The Kier molecular flexibility index (Phi) is 2.07. The average molecular weight is 208 g/mol. The number of carbonyl (C=O) groups excluding carboxylic acids is 1. The van der Waals surface area contributed by atoms with E-state index in [9.17, 15) is 13.6 Å². The Balaban J connectivity index is 2.91. The third-order valence-corrected chi connectivity index (χ3v) is 2.03. The van der Waals surface area contributed by atoms with Crippen molar-refractivity contribution >= 4 is 16.8 Å². The van der Waals surface area contributed by atoms with Crippen LogP contribution in [0.2, 0.25) is 0 Å². The van der Waals surface area contributed by atoms with Gasteiger partial charge in [0.1, 0.15) is 11.3 Å². The highest BCUT2D eigenvalue weighted by Gasteiger charge is 2.11. The molecule has 0 aliphatic carbocycles. The summed E-state index contributed by atoms with van der Waals surface area (Å²) in [6.45, 7) is 0. The van der Waals surface area contributed by atoms with Crippen molar-refractivity contribution in [3.05, 3.63) is 41.6 Å². The SMILES string of the molecule is NC(=O)c1ccnc2c(F)cc(F)cc12. The number of benzene rings is 1. The molecule has 0 spiro atoms. The van der Waals surface area contributed by atoms with Crippen molar-refractivity contribution in [3.8, 4) is 0 Å². The molecule has 0 unspecified atom stereocenters. The van der Waals surface area contributed by atoms with E-state index < -0.39 is 17.5 Å². The Bertz CT molecular complexity index is 554. The van der Waals surface area contributed by atoms with Gasteiger partial charge in [-0.3, -0.25) is 9.78 Å². The minimum Gasteiger partial charge on any atom is -0.366 e. The quantitative estimate of drug-likeness (QED) is 0.774. The van der Waals surface area contributed by atoms with E-state index in [2.05, 4.69) is 4.98 Å². The molecule has 1 aromatic carbocycles. The van der Waals surface area contributed by atoms with Crippen LogP contribution in [0.1, 0.15) is 10.4 Å². The monoisotopic (exact) mass is 208 g/mol. The van der Waals surface area contributed by atoms with Crippen LogP contribution >= 0.6 is 0 Å². The molecular formula is C10H6F2N2O. The lowest BCUT2D eigenvalue weighted by atomic mass is 10.1. The highest BCUT2D eigenvalue weighted by atomic mass is 19.1. The summed E-state index contributed by atoms with van der Waals surface area (Å²) in [6.07, 6.45) is 1.25. The van der Waals surface area contributed by atoms with Gasteiger partial charge in [-0.25, -0.2) is 8.78 Å². The third-order valence-electron chi connectivity index (χ3n) is 2.03. The number of primary amides is 1. The van der Waals surface area contributed by atoms with E-state index in [-0.39, 0.29) is 16.5 Å². The van der Waals surface area contributed by atoms with E-state index >= 15 is 0 Å². The lowest BCUT2D eigenvalue weighted by Gasteiger charge is -2.03. The Morgan fingerprint density at radius 1 is 1.33 bits per heavy atom. The number of amides is 1. The maximum Gasteiger partial charge on any atom is 0.249 e. The molecule has 15 heavy (non-hydrogen) atoms. The van der Waals surface area contributed by atoms with Gasteiger partial charge in [-0.05, 0) is 12.1 Å². The van der Waals surface area contributed by atoms with Crippen LogP contribution in [-0.4, -0.2) is 10.9 Å². The molecule has 0 fully saturated rings. The van der Waals surface area contributed by atoms with Gasteiger partial charge in [-0.2, -0.15) is 0 Å². The fraction of sp³-hybridized carbons (Fsp3) is 0. The van der Waals surface area contributed by atoms with Crippen molar-refractivity contribution in [1.82, 2.24) is 4.98 Å². The van der Waals surface area contributed by atoms with Crippen molar-refractivity contribution in [3.63, 3.8) is 0 Å². The second-order valence-corrected chi connectivity index (χ2v) is 3.01. The van der Waals surface area contributed by atoms with Crippen molar-refractivity contribution in [1.29, 1.82) is 0 Å².